The topological polar surface area (TPSA) is 83.0 Å². The van der Waals surface area contributed by atoms with Crippen LogP contribution in [0.1, 0.15) is 17.5 Å². The lowest BCUT2D eigenvalue weighted by atomic mass is 10.3. The monoisotopic (exact) mass is 266 g/mol. The normalized spacial score (nSPS) is 10.3. The second-order valence-electron chi connectivity index (χ2n) is 3.38. The third-order valence-corrected chi connectivity index (χ3v) is 2.49. The van der Waals surface area contributed by atoms with Gasteiger partial charge in [-0.15, -0.1) is 5.10 Å². The van der Waals surface area contributed by atoms with Crippen molar-refractivity contribution in [2.24, 2.45) is 0 Å². The molecule has 2 N–H and O–H groups in total. The van der Waals surface area contributed by atoms with Crippen LogP contribution in [-0.2, 0) is 4.74 Å². The zero-order valence-corrected chi connectivity index (χ0v) is 10.4. The smallest absolute Gasteiger partial charge is 0.378 e. The van der Waals surface area contributed by atoms with Gasteiger partial charge in [-0.2, -0.15) is 9.67 Å². The van der Waals surface area contributed by atoms with E-state index in [0.29, 0.717) is 10.7 Å². The van der Waals surface area contributed by atoms with Gasteiger partial charge >= 0.3 is 5.97 Å². The van der Waals surface area contributed by atoms with Crippen LogP contribution in [0.2, 0.25) is 5.02 Å². The lowest BCUT2D eigenvalue weighted by molar-refractivity contribution is 0.0512. The highest BCUT2D eigenvalue weighted by Crippen LogP contribution is 2.21. The number of aromatic nitrogens is 3. The molecule has 18 heavy (non-hydrogen) atoms. The Morgan fingerprint density at radius 2 is 2.22 bits per heavy atom. The first kappa shape index (κ1) is 12.4. The fourth-order valence-corrected chi connectivity index (χ4v) is 1.62. The molecule has 1 heterocycles. The van der Waals surface area contributed by atoms with Gasteiger partial charge in [0.1, 0.15) is 0 Å². The summed E-state index contributed by atoms with van der Waals surface area (Å²) < 4.78 is 6.10. The van der Waals surface area contributed by atoms with E-state index in [-0.39, 0.29) is 18.4 Å². The number of rotatable bonds is 3. The zero-order chi connectivity index (χ0) is 13.1. The molecule has 0 aliphatic heterocycles. The van der Waals surface area contributed by atoms with Crippen LogP contribution in [0, 0.1) is 0 Å². The highest BCUT2D eigenvalue weighted by Gasteiger charge is 2.17. The van der Waals surface area contributed by atoms with E-state index >= 15 is 0 Å². The van der Waals surface area contributed by atoms with Crippen molar-refractivity contribution in [2.75, 3.05) is 12.3 Å². The molecule has 6 nitrogen and oxygen atoms in total. The van der Waals surface area contributed by atoms with E-state index in [2.05, 4.69) is 10.1 Å². The second kappa shape index (κ2) is 5.05. The van der Waals surface area contributed by atoms with Crippen molar-refractivity contribution in [1.82, 2.24) is 14.8 Å². The first-order valence-electron chi connectivity index (χ1n) is 5.28. The summed E-state index contributed by atoms with van der Waals surface area (Å²) in [6.07, 6.45) is 0. The molecule has 1 aromatic heterocycles. The van der Waals surface area contributed by atoms with E-state index in [9.17, 15) is 4.79 Å². The largest absolute Gasteiger partial charge is 0.460 e. The number of ether oxygens (including phenoxy) is 1. The van der Waals surface area contributed by atoms with Crippen LogP contribution >= 0.6 is 11.6 Å². The van der Waals surface area contributed by atoms with Gasteiger partial charge < -0.3 is 10.5 Å². The Bertz CT molecular complexity index is 582. The van der Waals surface area contributed by atoms with E-state index in [0.717, 1.165) is 0 Å². The van der Waals surface area contributed by atoms with Crippen molar-refractivity contribution in [3.8, 4) is 5.69 Å². The maximum atomic E-state index is 11.5. The average Bonchev–Trinajstić information content (AvgIpc) is 2.72. The molecule has 0 amide bonds. The summed E-state index contributed by atoms with van der Waals surface area (Å²) in [7, 11) is 0. The van der Waals surface area contributed by atoms with E-state index in [1.54, 1.807) is 31.2 Å². The van der Waals surface area contributed by atoms with Gasteiger partial charge in [0.25, 0.3) is 5.82 Å². The number of hydrogen-bond donors (Lipinski definition) is 1. The highest BCUT2D eigenvalue weighted by molar-refractivity contribution is 6.32. The minimum atomic E-state index is -0.616. The third-order valence-electron chi connectivity index (χ3n) is 2.17. The maximum Gasteiger partial charge on any atom is 0.378 e. The van der Waals surface area contributed by atoms with E-state index in [1.807, 2.05) is 0 Å². The Kier molecular flexibility index (Phi) is 3.47. The molecule has 0 fully saturated rings. The average molecular weight is 267 g/mol. The first-order valence-corrected chi connectivity index (χ1v) is 5.66. The lowest BCUT2D eigenvalue weighted by Crippen LogP contribution is -2.08. The molecule has 1 aromatic carbocycles. The predicted octanol–water partition coefficient (Wildman–Crippen LogP) is 1.68. The number of hydrogen-bond acceptors (Lipinski definition) is 5. The van der Waals surface area contributed by atoms with Crippen LogP contribution in [0.3, 0.4) is 0 Å². The Morgan fingerprint density at radius 3 is 2.89 bits per heavy atom. The zero-order valence-electron chi connectivity index (χ0n) is 9.63. The summed E-state index contributed by atoms with van der Waals surface area (Å²) in [6.45, 7) is 1.95. The Morgan fingerprint density at radius 1 is 1.50 bits per heavy atom. The lowest BCUT2D eigenvalue weighted by Gasteiger charge is -2.03. The molecule has 0 saturated carbocycles. The number of nitrogens with two attached hydrogens (primary N) is 1. The van der Waals surface area contributed by atoms with Gasteiger partial charge in [-0.05, 0) is 19.1 Å². The molecule has 0 bridgehead atoms. The number of para-hydroxylation sites is 1. The van der Waals surface area contributed by atoms with E-state index < -0.39 is 5.97 Å². The van der Waals surface area contributed by atoms with Crippen molar-refractivity contribution in [1.29, 1.82) is 0 Å². The van der Waals surface area contributed by atoms with Crippen LogP contribution in [0.4, 0.5) is 5.95 Å². The first-order chi connectivity index (χ1) is 8.63. The number of halogens is 1. The SMILES string of the molecule is CCOC(=O)c1nc(N)n(-c2ccccc2Cl)n1. The predicted molar refractivity (Wildman–Crippen MR) is 66.7 cm³/mol. The van der Waals surface area contributed by atoms with Gasteiger partial charge in [0.05, 0.1) is 17.3 Å². The molecule has 2 aromatic rings. The van der Waals surface area contributed by atoms with Crippen LogP contribution < -0.4 is 5.73 Å². The molecule has 0 aliphatic carbocycles. The van der Waals surface area contributed by atoms with Crippen molar-refractivity contribution in [3.05, 3.63) is 35.1 Å². The molecule has 0 spiro atoms. The molecule has 2 rings (SSSR count). The number of anilines is 1. The van der Waals surface area contributed by atoms with Crippen LogP contribution in [0.15, 0.2) is 24.3 Å². The Hall–Kier alpha value is -2.08. The molecule has 0 unspecified atom stereocenters. The number of nitrogens with zero attached hydrogens (tertiary/aromatic N) is 3. The van der Waals surface area contributed by atoms with Gasteiger partial charge in [-0.3, -0.25) is 0 Å². The summed E-state index contributed by atoms with van der Waals surface area (Å²) in [5.41, 5.74) is 6.25. The molecule has 0 saturated heterocycles. The minimum absolute atomic E-state index is 0.0751. The van der Waals surface area contributed by atoms with Crippen LogP contribution in [0.5, 0.6) is 0 Å². The number of benzene rings is 1. The van der Waals surface area contributed by atoms with Gasteiger partial charge in [-0.25, -0.2) is 4.79 Å². The van der Waals surface area contributed by atoms with E-state index in [4.69, 9.17) is 22.1 Å². The van der Waals surface area contributed by atoms with Gasteiger partial charge in [0, 0.05) is 0 Å². The molecule has 94 valence electrons. The standard InChI is InChI=1S/C11H11ClN4O2/c1-2-18-10(17)9-14-11(13)16(15-9)8-6-4-3-5-7(8)12/h3-6H,2H2,1H3,(H2,13,14,15). The second-order valence-corrected chi connectivity index (χ2v) is 3.78. The Labute approximate surface area is 108 Å². The maximum absolute atomic E-state index is 11.5. The summed E-state index contributed by atoms with van der Waals surface area (Å²) in [5.74, 6) is -0.629. The molecule has 0 atom stereocenters. The van der Waals surface area contributed by atoms with Gasteiger partial charge in [0.15, 0.2) is 0 Å². The van der Waals surface area contributed by atoms with Crippen molar-refractivity contribution < 1.29 is 9.53 Å². The summed E-state index contributed by atoms with van der Waals surface area (Å²) in [6, 6.07) is 6.99. The van der Waals surface area contributed by atoms with Crippen LogP contribution in [-0.4, -0.2) is 27.3 Å². The number of nitrogen functional groups attached to an aromatic ring is 1. The summed E-state index contributed by atoms with van der Waals surface area (Å²) in [4.78, 5) is 15.3. The third kappa shape index (κ3) is 2.28. The molecular formula is C11H11ClN4O2. The van der Waals surface area contributed by atoms with Gasteiger partial charge in [0.2, 0.25) is 5.95 Å². The van der Waals surface area contributed by atoms with Crippen molar-refractivity contribution in [2.45, 2.75) is 6.92 Å². The van der Waals surface area contributed by atoms with Gasteiger partial charge in [-0.1, -0.05) is 23.7 Å². The quantitative estimate of drug-likeness (QED) is 0.855. The highest BCUT2D eigenvalue weighted by atomic mass is 35.5. The van der Waals surface area contributed by atoms with Crippen molar-refractivity contribution in [3.63, 3.8) is 0 Å². The number of carbonyl (C=O) groups is 1. The molecular weight excluding hydrogens is 256 g/mol. The fourth-order valence-electron chi connectivity index (χ4n) is 1.41. The molecule has 0 radical (unpaired) electrons. The van der Waals surface area contributed by atoms with Crippen molar-refractivity contribution >= 4 is 23.5 Å². The number of esters is 1. The van der Waals surface area contributed by atoms with E-state index in [1.165, 1.54) is 4.68 Å². The Balaban J connectivity index is 2.42. The van der Waals surface area contributed by atoms with Crippen LogP contribution in [0.25, 0.3) is 5.69 Å². The fraction of sp³-hybridized carbons (Fsp3) is 0.182. The number of carbonyl (C=O) groups excluding carboxylic acids is 1. The summed E-state index contributed by atoms with van der Waals surface area (Å²) >= 11 is 6.02. The molecule has 0 aliphatic rings. The minimum Gasteiger partial charge on any atom is -0.460 e. The molecule has 7 heteroatoms. The summed E-state index contributed by atoms with van der Waals surface area (Å²) in [5, 5.41) is 4.44.